The molecule has 0 spiro atoms. The minimum atomic E-state index is 0.989. The zero-order valence-corrected chi connectivity index (χ0v) is 13.9. The molecule has 0 aliphatic carbocycles. The summed E-state index contributed by atoms with van der Waals surface area (Å²) in [5, 5.41) is 4.78. The van der Waals surface area contributed by atoms with Gasteiger partial charge in [-0.25, -0.2) is 4.98 Å². The van der Waals surface area contributed by atoms with E-state index in [-0.39, 0.29) is 0 Å². The van der Waals surface area contributed by atoms with Crippen molar-refractivity contribution in [1.29, 1.82) is 0 Å². The van der Waals surface area contributed by atoms with Crippen LogP contribution in [-0.2, 0) is 13.0 Å². The van der Waals surface area contributed by atoms with Crippen molar-refractivity contribution < 1.29 is 0 Å². The first kappa shape index (κ1) is 15.8. The maximum Gasteiger partial charge on any atom is 0.185 e. The van der Waals surface area contributed by atoms with Crippen molar-refractivity contribution in [1.82, 2.24) is 10.3 Å². The third-order valence-corrected chi connectivity index (χ3v) is 5.10. The largest absolute Gasteiger partial charge is 0.348 e. The fraction of sp³-hybridized carbons (Fsp3) is 0.812. The standard InChI is InChI=1S/C16H29N3S/c1-3-10-17-13-15-14(4-2)18-16(20-15)19-11-8-6-5-7-9-12-19/h17H,3-13H2,1-2H3. The number of hydrogen-bond donors (Lipinski definition) is 1. The molecule has 1 aromatic heterocycles. The number of hydrogen-bond acceptors (Lipinski definition) is 4. The van der Waals surface area contributed by atoms with E-state index >= 15 is 0 Å². The summed E-state index contributed by atoms with van der Waals surface area (Å²) in [7, 11) is 0. The Morgan fingerprint density at radius 3 is 2.45 bits per heavy atom. The lowest BCUT2D eigenvalue weighted by molar-refractivity contribution is 0.555. The SMILES string of the molecule is CCCNCc1sc(N2CCCCCCC2)nc1CC. The first-order valence-corrected chi connectivity index (χ1v) is 9.11. The molecule has 114 valence electrons. The molecular formula is C16H29N3S. The van der Waals surface area contributed by atoms with Crippen LogP contribution in [0, 0.1) is 0 Å². The van der Waals surface area contributed by atoms with Crippen LogP contribution in [0.5, 0.6) is 0 Å². The second-order valence-corrected chi connectivity index (χ2v) is 6.71. The van der Waals surface area contributed by atoms with Gasteiger partial charge in [0.2, 0.25) is 0 Å². The molecule has 1 fully saturated rings. The van der Waals surface area contributed by atoms with E-state index in [0.29, 0.717) is 0 Å². The van der Waals surface area contributed by atoms with Gasteiger partial charge in [0.25, 0.3) is 0 Å². The molecule has 0 unspecified atom stereocenters. The Hall–Kier alpha value is -0.610. The van der Waals surface area contributed by atoms with Crippen molar-refractivity contribution in [2.24, 2.45) is 0 Å². The highest BCUT2D eigenvalue weighted by molar-refractivity contribution is 7.15. The molecule has 1 N–H and O–H groups in total. The van der Waals surface area contributed by atoms with Crippen molar-refractivity contribution in [2.45, 2.75) is 65.3 Å². The maximum absolute atomic E-state index is 4.91. The van der Waals surface area contributed by atoms with Gasteiger partial charge in [0.05, 0.1) is 5.69 Å². The number of nitrogens with zero attached hydrogens (tertiary/aromatic N) is 2. The normalized spacial score (nSPS) is 17.0. The Balaban J connectivity index is 2.02. The van der Waals surface area contributed by atoms with E-state index in [0.717, 1.165) is 19.5 Å². The van der Waals surface area contributed by atoms with E-state index in [1.165, 1.54) is 67.3 Å². The molecule has 2 rings (SSSR count). The zero-order chi connectivity index (χ0) is 14.2. The van der Waals surface area contributed by atoms with Crippen LogP contribution in [0.3, 0.4) is 0 Å². The minimum Gasteiger partial charge on any atom is -0.348 e. The van der Waals surface area contributed by atoms with Crippen molar-refractivity contribution >= 4 is 16.5 Å². The summed E-state index contributed by atoms with van der Waals surface area (Å²) >= 11 is 1.91. The Morgan fingerprint density at radius 2 is 1.80 bits per heavy atom. The van der Waals surface area contributed by atoms with Gasteiger partial charge < -0.3 is 10.2 Å². The van der Waals surface area contributed by atoms with Crippen molar-refractivity contribution in [3.8, 4) is 0 Å². The number of nitrogens with one attached hydrogen (secondary N) is 1. The lowest BCUT2D eigenvalue weighted by atomic mass is 10.1. The fourth-order valence-electron chi connectivity index (χ4n) is 2.74. The molecule has 1 aliphatic heterocycles. The maximum atomic E-state index is 4.91. The molecule has 4 heteroatoms. The molecule has 0 amide bonds. The highest BCUT2D eigenvalue weighted by atomic mass is 32.1. The van der Waals surface area contributed by atoms with Gasteiger partial charge in [0.15, 0.2) is 5.13 Å². The van der Waals surface area contributed by atoms with Crippen molar-refractivity contribution in [3.05, 3.63) is 10.6 Å². The average molecular weight is 295 g/mol. The topological polar surface area (TPSA) is 28.2 Å². The Kier molecular flexibility index (Phi) is 6.80. The Labute approximate surface area is 127 Å². The first-order valence-electron chi connectivity index (χ1n) is 8.29. The van der Waals surface area contributed by atoms with Crippen LogP contribution in [0.4, 0.5) is 5.13 Å². The van der Waals surface area contributed by atoms with E-state index in [4.69, 9.17) is 4.98 Å². The summed E-state index contributed by atoms with van der Waals surface area (Å²) < 4.78 is 0. The summed E-state index contributed by atoms with van der Waals surface area (Å²) in [4.78, 5) is 8.87. The van der Waals surface area contributed by atoms with E-state index < -0.39 is 0 Å². The third kappa shape index (κ3) is 4.45. The molecule has 2 heterocycles. The molecular weight excluding hydrogens is 266 g/mol. The van der Waals surface area contributed by atoms with Crippen LogP contribution >= 0.6 is 11.3 Å². The van der Waals surface area contributed by atoms with Crippen LogP contribution < -0.4 is 10.2 Å². The quantitative estimate of drug-likeness (QED) is 0.805. The van der Waals surface area contributed by atoms with Crippen molar-refractivity contribution in [2.75, 3.05) is 24.5 Å². The fourth-order valence-corrected chi connectivity index (χ4v) is 3.91. The van der Waals surface area contributed by atoms with Crippen LogP contribution in [0.1, 0.15) is 62.9 Å². The lowest BCUT2D eigenvalue weighted by Crippen LogP contribution is -2.26. The highest BCUT2D eigenvalue weighted by Gasteiger charge is 2.16. The second kappa shape index (κ2) is 8.63. The molecule has 0 atom stereocenters. The predicted molar refractivity (Wildman–Crippen MR) is 88.8 cm³/mol. The van der Waals surface area contributed by atoms with Gasteiger partial charge in [0, 0.05) is 24.5 Å². The highest BCUT2D eigenvalue weighted by Crippen LogP contribution is 2.28. The minimum absolute atomic E-state index is 0.989. The molecule has 1 aliphatic rings. The van der Waals surface area contributed by atoms with Gasteiger partial charge in [-0.05, 0) is 32.2 Å². The molecule has 0 saturated carbocycles. The molecule has 3 nitrogen and oxygen atoms in total. The van der Waals surface area contributed by atoms with E-state index in [1.807, 2.05) is 11.3 Å². The van der Waals surface area contributed by atoms with Crippen LogP contribution in [0.25, 0.3) is 0 Å². The summed E-state index contributed by atoms with van der Waals surface area (Å²) in [5.74, 6) is 0. The number of anilines is 1. The molecule has 0 aromatic carbocycles. The van der Waals surface area contributed by atoms with Gasteiger partial charge in [-0.15, -0.1) is 11.3 Å². The number of thiazole rings is 1. The van der Waals surface area contributed by atoms with Gasteiger partial charge in [-0.1, -0.05) is 33.1 Å². The molecule has 1 aromatic rings. The van der Waals surface area contributed by atoms with Crippen LogP contribution in [-0.4, -0.2) is 24.6 Å². The smallest absolute Gasteiger partial charge is 0.185 e. The van der Waals surface area contributed by atoms with E-state index in [2.05, 4.69) is 24.1 Å². The Morgan fingerprint density at radius 1 is 1.10 bits per heavy atom. The number of aryl methyl sites for hydroxylation is 1. The van der Waals surface area contributed by atoms with Gasteiger partial charge in [-0.2, -0.15) is 0 Å². The predicted octanol–water partition coefficient (Wildman–Crippen LogP) is 3.98. The molecule has 0 bridgehead atoms. The zero-order valence-electron chi connectivity index (χ0n) is 13.1. The van der Waals surface area contributed by atoms with Crippen LogP contribution in [0.2, 0.25) is 0 Å². The van der Waals surface area contributed by atoms with Gasteiger partial charge in [0.1, 0.15) is 0 Å². The average Bonchev–Trinajstić information content (AvgIpc) is 2.82. The molecule has 20 heavy (non-hydrogen) atoms. The van der Waals surface area contributed by atoms with E-state index in [9.17, 15) is 0 Å². The second-order valence-electron chi connectivity index (χ2n) is 5.65. The summed E-state index contributed by atoms with van der Waals surface area (Å²) in [6.07, 6.45) is 9.07. The summed E-state index contributed by atoms with van der Waals surface area (Å²) in [6.45, 7) is 8.90. The first-order chi connectivity index (χ1) is 9.85. The lowest BCUT2D eigenvalue weighted by Gasteiger charge is -2.23. The Bertz CT molecular complexity index is 381. The van der Waals surface area contributed by atoms with Crippen LogP contribution in [0.15, 0.2) is 0 Å². The third-order valence-electron chi connectivity index (χ3n) is 3.94. The summed E-state index contributed by atoms with van der Waals surface area (Å²) in [6, 6.07) is 0. The molecule has 0 radical (unpaired) electrons. The van der Waals surface area contributed by atoms with Gasteiger partial charge in [-0.3, -0.25) is 0 Å². The number of rotatable bonds is 6. The summed E-state index contributed by atoms with van der Waals surface area (Å²) in [5.41, 5.74) is 1.30. The number of aromatic nitrogens is 1. The van der Waals surface area contributed by atoms with Crippen molar-refractivity contribution in [3.63, 3.8) is 0 Å². The molecule has 1 saturated heterocycles. The van der Waals surface area contributed by atoms with Gasteiger partial charge >= 0.3 is 0 Å². The monoisotopic (exact) mass is 295 g/mol. The van der Waals surface area contributed by atoms with E-state index in [1.54, 1.807) is 0 Å².